The fourth-order valence-corrected chi connectivity index (χ4v) is 5.29. The number of methoxy groups -OCH3 is 1. The van der Waals surface area contributed by atoms with E-state index in [1.54, 1.807) is 0 Å². The fraction of sp³-hybridized carbons (Fsp3) is 1.00. The second-order valence-electron chi connectivity index (χ2n) is 11.5. The Morgan fingerprint density at radius 1 is 0.750 bits per heavy atom. The maximum absolute atomic E-state index is 11.7. The second kappa shape index (κ2) is 19.3. The van der Waals surface area contributed by atoms with Gasteiger partial charge < -0.3 is 94.6 Å². The van der Waals surface area contributed by atoms with Crippen molar-refractivity contribution in [3.8, 4) is 0 Å². The Morgan fingerprint density at radius 3 is 1.81 bits per heavy atom. The summed E-state index contributed by atoms with van der Waals surface area (Å²) >= 11 is 0. The van der Waals surface area contributed by atoms with Gasteiger partial charge in [-0.05, 0) is 5.92 Å². The molecule has 17 unspecified atom stereocenters. The van der Waals surface area contributed by atoms with Crippen LogP contribution in [0, 0.1) is 5.92 Å². The largest absolute Gasteiger partial charge is 0.472 e. The zero-order chi connectivity index (χ0) is 36.7. The van der Waals surface area contributed by atoms with Crippen molar-refractivity contribution in [3.05, 3.63) is 0 Å². The molecule has 0 amide bonds. The van der Waals surface area contributed by atoms with Gasteiger partial charge in [-0.1, -0.05) is 13.8 Å². The van der Waals surface area contributed by atoms with Gasteiger partial charge in [0.2, 0.25) is 0 Å². The van der Waals surface area contributed by atoms with Crippen LogP contribution in [0.15, 0.2) is 0 Å². The minimum absolute atomic E-state index is 0.753. The highest BCUT2D eigenvalue weighted by Gasteiger charge is 2.53. The van der Waals surface area contributed by atoms with Crippen molar-refractivity contribution in [2.24, 2.45) is 5.92 Å². The maximum atomic E-state index is 11.7. The zero-order valence-corrected chi connectivity index (χ0v) is 27.3. The number of rotatable bonds is 19. The van der Waals surface area contributed by atoms with Gasteiger partial charge in [0.15, 0.2) is 25.2 Å². The van der Waals surface area contributed by atoms with E-state index in [0.29, 0.717) is 0 Å². The number of hydrogen-bond acceptors (Lipinski definition) is 21. The summed E-state index contributed by atoms with van der Waals surface area (Å²) in [4.78, 5) is 9.48. The van der Waals surface area contributed by atoms with E-state index in [1.807, 2.05) is 0 Å². The third-order valence-corrected chi connectivity index (χ3v) is 8.72. The molecule has 0 saturated carbocycles. The molecule has 13 N–H and O–H groups in total. The van der Waals surface area contributed by atoms with Gasteiger partial charge in [0.1, 0.15) is 73.2 Å². The zero-order valence-electron chi connectivity index (χ0n) is 26.4. The molecule has 17 atom stereocenters. The number of aliphatic hydroxyl groups excluding tert-OH is 11. The molecular weight excluding hydrogens is 683 g/mol. The Labute approximate surface area is 274 Å². The lowest BCUT2D eigenvalue weighted by molar-refractivity contribution is -0.372. The van der Waals surface area contributed by atoms with E-state index in [0.717, 1.165) is 14.2 Å². The predicted molar refractivity (Wildman–Crippen MR) is 151 cm³/mol. The number of aliphatic hydroxyl groups is 12. The third-order valence-electron chi connectivity index (χ3n) is 7.78. The molecule has 2 fully saturated rings. The molecule has 2 aliphatic heterocycles. The Bertz CT molecular complexity index is 978. The summed E-state index contributed by atoms with van der Waals surface area (Å²) in [5.41, 5.74) is 0. The third kappa shape index (κ3) is 10.9. The number of ether oxygens (including phenoxy) is 6. The van der Waals surface area contributed by atoms with Crippen LogP contribution >= 0.6 is 7.82 Å². The normalized spacial score (nSPS) is 36.7. The SMILES string of the molecule is COC1C(OC2C(O)C(CO)OC(OC(C(O)C(C)C)C(O)C(O)OC(COP(=O)(O)OC)C(O)C(O)O)C2O)OC(CO)C(O)C1O. The van der Waals surface area contributed by atoms with E-state index >= 15 is 0 Å². The summed E-state index contributed by atoms with van der Waals surface area (Å²) in [6.07, 6.45) is -32.3. The van der Waals surface area contributed by atoms with E-state index in [-0.39, 0.29) is 0 Å². The highest BCUT2D eigenvalue weighted by Crippen LogP contribution is 2.42. The molecule has 2 aliphatic rings. The van der Waals surface area contributed by atoms with Gasteiger partial charge in [0, 0.05) is 14.2 Å². The fourth-order valence-electron chi connectivity index (χ4n) is 4.85. The average Bonchev–Trinajstić information content (AvgIpc) is 3.04. The van der Waals surface area contributed by atoms with E-state index in [4.69, 9.17) is 28.4 Å². The first-order chi connectivity index (χ1) is 22.3. The molecular formula is C25H49O22P. The van der Waals surface area contributed by atoms with Crippen molar-refractivity contribution in [2.45, 2.75) is 118 Å². The lowest BCUT2D eigenvalue weighted by Gasteiger charge is -2.47. The summed E-state index contributed by atoms with van der Waals surface area (Å²) in [5.74, 6) is -0.753. The molecule has 0 spiro atoms. The van der Waals surface area contributed by atoms with E-state index < -0.39 is 138 Å². The molecule has 22 nitrogen and oxygen atoms in total. The lowest BCUT2D eigenvalue weighted by atomic mass is 9.95. The quantitative estimate of drug-likeness (QED) is 0.0433. The summed E-state index contributed by atoms with van der Waals surface area (Å²) in [5, 5.41) is 124. The number of phosphoric ester groups is 1. The topological polar surface area (TPSA) is 354 Å². The first-order valence-corrected chi connectivity index (χ1v) is 16.2. The Kier molecular flexibility index (Phi) is 17.5. The smallest absolute Gasteiger partial charge is 0.394 e. The Morgan fingerprint density at radius 2 is 1.31 bits per heavy atom. The molecule has 2 saturated heterocycles. The Hall–Kier alpha value is -0.610. The predicted octanol–water partition coefficient (Wildman–Crippen LogP) is -6.83. The molecule has 2 rings (SSSR count). The second-order valence-corrected chi connectivity index (χ2v) is 13.0. The van der Waals surface area contributed by atoms with Crippen LogP contribution in [0.1, 0.15) is 13.8 Å². The molecule has 0 bridgehead atoms. The first kappa shape index (κ1) is 43.6. The van der Waals surface area contributed by atoms with Crippen LogP contribution in [0.25, 0.3) is 0 Å². The van der Waals surface area contributed by atoms with Gasteiger partial charge in [-0.15, -0.1) is 0 Å². The molecule has 23 heteroatoms. The molecule has 286 valence electrons. The van der Waals surface area contributed by atoms with Gasteiger partial charge >= 0.3 is 7.82 Å². The average molecular weight is 733 g/mol. The van der Waals surface area contributed by atoms with Crippen LogP contribution < -0.4 is 0 Å². The van der Waals surface area contributed by atoms with Crippen LogP contribution in [-0.4, -0.2) is 205 Å². The number of hydrogen-bond donors (Lipinski definition) is 13. The van der Waals surface area contributed by atoms with Crippen molar-refractivity contribution in [2.75, 3.05) is 34.0 Å². The van der Waals surface area contributed by atoms with E-state index in [9.17, 15) is 70.7 Å². The molecule has 0 aromatic rings. The van der Waals surface area contributed by atoms with Crippen molar-refractivity contribution in [1.82, 2.24) is 0 Å². The lowest BCUT2D eigenvalue weighted by Crippen LogP contribution is -2.66. The molecule has 0 aliphatic carbocycles. The summed E-state index contributed by atoms with van der Waals surface area (Å²) in [6.45, 7) is 0.136. The van der Waals surface area contributed by atoms with Crippen LogP contribution in [0.5, 0.6) is 0 Å². The van der Waals surface area contributed by atoms with Gasteiger partial charge in [-0.2, -0.15) is 0 Å². The standard InChI is InChI=1S/C25H49O22P/c1-8(2)12(28)19(17(33)23(37)43-11(15(31)22(35)36)7-42-48(38,39)41-4)46-24-18(34)20(14(30)10(6-27)44-24)47-25-21(40-3)16(32)13(29)9(5-26)45-25/h8-37H,5-7H2,1-4H3,(H,38,39). The van der Waals surface area contributed by atoms with Gasteiger partial charge in [0.25, 0.3) is 0 Å². The summed E-state index contributed by atoms with van der Waals surface area (Å²) < 4.78 is 52.9. The Balaban J connectivity index is 2.35. The molecule has 0 aromatic heterocycles. The van der Waals surface area contributed by atoms with Crippen molar-refractivity contribution in [1.29, 1.82) is 0 Å². The van der Waals surface area contributed by atoms with Crippen LogP contribution in [0.3, 0.4) is 0 Å². The monoisotopic (exact) mass is 732 g/mol. The minimum atomic E-state index is -4.71. The molecule has 0 radical (unpaired) electrons. The van der Waals surface area contributed by atoms with E-state index in [1.165, 1.54) is 13.8 Å². The molecule has 0 aromatic carbocycles. The highest BCUT2D eigenvalue weighted by molar-refractivity contribution is 7.47. The summed E-state index contributed by atoms with van der Waals surface area (Å²) in [6, 6.07) is 0. The maximum Gasteiger partial charge on any atom is 0.472 e. The highest BCUT2D eigenvalue weighted by atomic mass is 31.2. The van der Waals surface area contributed by atoms with Gasteiger partial charge in [-0.3, -0.25) is 9.05 Å². The van der Waals surface area contributed by atoms with Crippen LogP contribution in [0.4, 0.5) is 0 Å². The van der Waals surface area contributed by atoms with Gasteiger partial charge in [0.05, 0.1) is 25.9 Å². The van der Waals surface area contributed by atoms with E-state index in [2.05, 4.69) is 9.05 Å². The number of phosphoric acid groups is 1. The minimum Gasteiger partial charge on any atom is -0.394 e. The van der Waals surface area contributed by atoms with Crippen molar-refractivity contribution >= 4 is 7.82 Å². The van der Waals surface area contributed by atoms with Crippen molar-refractivity contribution < 1.29 is 108 Å². The van der Waals surface area contributed by atoms with Gasteiger partial charge in [-0.25, -0.2) is 4.57 Å². The molecule has 48 heavy (non-hydrogen) atoms. The summed E-state index contributed by atoms with van der Waals surface area (Å²) in [7, 11) is -2.78. The van der Waals surface area contributed by atoms with Crippen LogP contribution in [0.2, 0.25) is 0 Å². The molecule has 2 heterocycles. The van der Waals surface area contributed by atoms with Crippen LogP contribution in [-0.2, 0) is 42.0 Å². The van der Waals surface area contributed by atoms with Crippen molar-refractivity contribution in [3.63, 3.8) is 0 Å². The first-order valence-electron chi connectivity index (χ1n) is 14.7.